The van der Waals surface area contributed by atoms with E-state index in [9.17, 15) is 9.90 Å². The van der Waals surface area contributed by atoms with Crippen LogP contribution in [0, 0.1) is 12.8 Å². The zero-order valence-corrected chi connectivity index (χ0v) is 13.4. The first kappa shape index (κ1) is 15.0. The van der Waals surface area contributed by atoms with Gasteiger partial charge in [-0.25, -0.2) is 4.98 Å². The number of hydrogen-bond acceptors (Lipinski definition) is 3. The minimum absolute atomic E-state index is 0.00388. The first-order chi connectivity index (χ1) is 10.5. The summed E-state index contributed by atoms with van der Waals surface area (Å²) in [6.07, 6.45) is 2.06. The maximum atomic E-state index is 12.8. The number of likely N-dealkylation sites (tertiary alicyclic amines) is 1. The fraction of sp³-hybridized carbons (Fsp3) is 0.529. The van der Waals surface area contributed by atoms with Crippen molar-refractivity contribution in [1.82, 2.24) is 14.5 Å². The number of nitrogens with zero attached hydrogens (tertiary/aromatic N) is 3. The van der Waals surface area contributed by atoms with E-state index in [1.807, 2.05) is 41.6 Å². The molecule has 0 saturated carbocycles. The van der Waals surface area contributed by atoms with Crippen LogP contribution in [0.5, 0.6) is 0 Å². The van der Waals surface area contributed by atoms with E-state index in [4.69, 9.17) is 0 Å². The van der Waals surface area contributed by atoms with Crippen molar-refractivity contribution < 1.29 is 9.90 Å². The standard InChI is InChI=1S/C17H23N3O2/c1-11-5-4-8-20(16(11)10-21)17(22)13-6-7-15-14(9-13)18-12(2)19(15)3/h6-7,9,11,16,21H,4-5,8,10H2,1-3H3. The first-order valence-corrected chi connectivity index (χ1v) is 7.88. The SMILES string of the molecule is Cc1nc2cc(C(=O)N3CCCC(C)C3CO)ccc2n1C. The van der Waals surface area contributed by atoms with Crippen LogP contribution >= 0.6 is 0 Å². The number of benzene rings is 1. The van der Waals surface area contributed by atoms with Crippen LogP contribution < -0.4 is 0 Å². The van der Waals surface area contributed by atoms with Crippen molar-refractivity contribution >= 4 is 16.9 Å². The highest BCUT2D eigenvalue weighted by molar-refractivity contribution is 5.97. The van der Waals surface area contributed by atoms with Crippen LogP contribution in [0.15, 0.2) is 18.2 Å². The molecule has 1 amide bonds. The second-order valence-electron chi connectivity index (χ2n) is 6.29. The van der Waals surface area contributed by atoms with Gasteiger partial charge in [-0.05, 0) is 43.9 Å². The van der Waals surface area contributed by atoms with Crippen LogP contribution in [0.1, 0.15) is 35.9 Å². The number of carbonyl (C=O) groups excluding carboxylic acids is 1. The molecule has 2 atom stereocenters. The average molecular weight is 301 g/mol. The Morgan fingerprint density at radius 2 is 2.23 bits per heavy atom. The van der Waals surface area contributed by atoms with Gasteiger partial charge in [-0.15, -0.1) is 0 Å². The van der Waals surface area contributed by atoms with Gasteiger partial charge in [-0.2, -0.15) is 0 Å². The van der Waals surface area contributed by atoms with Crippen LogP contribution in [0.3, 0.4) is 0 Å². The number of imidazole rings is 1. The predicted octanol–water partition coefficient (Wildman–Crippen LogP) is 2.11. The Morgan fingerprint density at radius 3 is 2.95 bits per heavy atom. The van der Waals surface area contributed by atoms with Crippen LogP contribution in [0.2, 0.25) is 0 Å². The molecule has 1 saturated heterocycles. The summed E-state index contributed by atoms with van der Waals surface area (Å²) >= 11 is 0. The van der Waals surface area contributed by atoms with E-state index in [1.165, 1.54) is 0 Å². The summed E-state index contributed by atoms with van der Waals surface area (Å²) in [7, 11) is 1.97. The number of aliphatic hydroxyl groups is 1. The number of aryl methyl sites for hydroxylation is 2. The summed E-state index contributed by atoms with van der Waals surface area (Å²) in [5, 5.41) is 9.63. The molecule has 22 heavy (non-hydrogen) atoms. The third-order valence-corrected chi connectivity index (χ3v) is 4.91. The van der Waals surface area contributed by atoms with Crippen LogP contribution in [0.25, 0.3) is 11.0 Å². The largest absolute Gasteiger partial charge is 0.394 e. The quantitative estimate of drug-likeness (QED) is 0.924. The van der Waals surface area contributed by atoms with E-state index in [2.05, 4.69) is 11.9 Å². The van der Waals surface area contributed by atoms with Crippen LogP contribution in [0.4, 0.5) is 0 Å². The second kappa shape index (κ2) is 5.72. The number of carbonyl (C=O) groups is 1. The Bertz CT molecular complexity index is 707. The molecular formula is C17H23N3O2. The van der Waals surface area contributed by atoms with Crippen molar-refractivity contribution in [2.24, 2.45) is 13.0 Å². The molecular weight excluding hydrogens is 278 g/mol. The van der Waals surface area contributed by atoms with Gasteiger partial charge in [0.05, 0.1) is 23.7 Å². The lowest BCUT2D eigenvalue weighted by Gasteiger charge is -2.39. The van der Waals surface area contributed by atoms with Crippen molar-refractivity contribution in [3.05, 3.63) is 29.6 Å². The van der Waals surface area contributed by atoms with Gasteiger partial charge in [0.15, 0.2) is 0 Å². The third-order valence-electron chi connectivity index (χ3n) is 4.91. The second-order valence-corrected chi connectivity index (χ2v) is 6.29. The Morgan fingerprint density at radius 1 is 1.45 bits per heavy atom. The number of aromatic nitrogens is 2. The molecule has 0 spiro atoms. The number of aliphatic hydroxyl groups excluding tert-OH is 1. The minimum atomic E-state index is -0.0811. The summed E-state index contributed by atoms with van der Waals surface area (Å²) in [5.41, 5.74) is 2.52. The van der Waals surface area contributed by atoms with Gasteiger partial charge in [0, 0.05) is 19.2 Å². The van der Waals surface area contributed by atoms with Crippen LogP contribution in [-0.2, 0) is 7.05 Å². The number of rotatable bonds is 2. The molecule has 118 valence electrons. The summed E-state index contributed by atoms with van der Waals surface area (Å²) in [6.45, 7) is 4.80. The van der Waals surface area contributed by atoms with Crippen LogP contribution in [-0.4, -0.2) is 44.7 Å². The third kappa shape index (κ3) is 2.39. The molecule has 1 aromatic heterocycles. The number of amides is 1. The molecule has 0 aliphatic carbocycles. The molecule has 0 radical (unpaired) electrons. The summed E-state index contributed by atoms with van der Waals surface area (Å²) in [5.74, 6) is 1.26. The lowest BCUT2D eigenvalue weighted by atomic mass is 9.90. The Hall–Kier alpha value is -1.88. The van der Waals surface area contributed by atoms with Gasteiger partial charge in [-0.3, -0.25) is 4.79 Å². The molecule has 1 aliphatic heterocycles. The van der Waals surface area contributed by atoms with E-state index >= 15 is 0 Å². The Balaban J connectivity index is 1.94. The van der Waals surface area contributed by atoms with Gasteiger partial charge in [-0.1, -0.05) is 6.92 Å². The number of piperidine rings is 1. The van der Waals surface area contributed by atoms with Gasteiger partial charge in [0.2, 0.25) is 0 Å². The van der Waals surface area contributed by atoms with Crippen molar-refractivity contribution in [2.75, 3.05) is 13.2 Å². The van der Waals surface area contributed by atoms with Crippen molar-refractivity contribution in [3.8, 4) is 0 Å². The Labute approximate surface area is 130 Å². The fourth-order valence-electron chi connectivity index (χ4n) is 3.40. The van der Waals surface area contributed by atoms with Gasteiger partial charge in [0.1, 0.15) is 5.82 Å². The van der Waals surface area contributed by atoms with E-state index in [1.54, 1.807) is 0 Å². The van der Waals surface area contributed by atoms with E-state index in [-0.39, 0.29) is 18.6 Å². The van der Waals surface area contributed by atoms with Gasteiger partial charge < -0.3 is 14.6 Å². The first-order valence-electron chi connectivity index (χ1n) is 7.88. The minimum Gasteiger partial charge on any atom is -0.394 e. The van der Waals surface area contributed by atoms with E-state index in [0.717, 1.165) is 29.7 Å². The monoisotopic (exact) mass is 301 g/mol. The number of hydrogen-bond donors (Lipinski definition) is 1. The maximum Gasteiger partial charge on any atom is 0.254 e. The predicted molar refractivity (Wildman–Crippen MR) is 85.8 cm³/mol. The lowest BCUT2D eigenvalue weighted by Crippen LogP contribution is -2.49. The van der Waals surface area contributed by atoms with E-state index in [0.29, 0.717) is 18.0 Å². The highest BCUT2D eigenvalue weighted by Crippen LogP contribution is 2.25. The normalized spacial score (nSPS) is 22.3. The average Bonchev–Trinajstić information content (AvgIpc) is 2.80. The summed E-state index contributed by atoms with van der Waals surface area (Å²) < 4.78 is 2.02. The van der Waals surface area contributed by atoms with Crippen molar-refractivity contribution in [1.29, 1.82) is 0 Å². The summed E-state index contributed by atoms with van der Waals surface area (Å²) in [6, 6.07) is 5.59. The zero-order chi connectivity index (χ0) is 15.9. The molecule has 2 unspecified atom stereocenters. The molecule has 1 fully saturated rings. The molecule has 2 aromatic rings. The molecule has 0 bridgehead atoms. The number of fused-ring (bicyclic) bond motifs is 1. The molecule has 2 heterocycles. The Kier molecular flexibility index (Phi) is 3.91. The van der Waals surface area contributed by atoms with Gasteiger partial charge >= 0.3 is 0 Å². The highest BCUT2D eigenvalue weighted by atomic mass is 16.3. The van der Waals surface area contributed by atoms with E-state index < -0.39 is 0 Å². The zero-order valence-electron chi connectivity index (χ0n) is 13.4. The molecule has 1 N–H and O–H groups in total. The summed E-state index contributed by atoms with van der Waals surface area (Å²) in [4.78, 5) is 19.2. The molecule has 5 nitrogen and oxygen atoms in total. The van der Waals surface area contributed by atoms with Gasteiger partial charge in [0.25, 0.3) is 5.91 Å². The smallest absolute Gasteiger partial charge is 0.254 e. The molecule has 1 aliphatic rings. The fourth-order valence-corrected chi connectivity index (χ4v) is 3.40. The molecule has 5 heteroatoms. The maximum absolute atomic E-state index is 12.8. The lowest BCUT2D eigenvalue weighted by molar-refractivity contribution is 0.0358. The molecule has 1 aromatic carbocycles. The van der Waals surface area contributed by atoms with Crippen molar-refractivity contribution in [2.45, 2.75) is 32.7 Å². The topological polar surface area (TPSA) is 58.4 Å². The van der Waals surface area contributed by atoms with Crippen molar-refractivity contribution in [3.63, 3.8) is 0 Å². The highest BCUT2D eigenvalue weighted by Gasteiger charge is 2.31. The molecule has 3 rings (SSSR count).